The molecule has 0 aromatic carbocycles. The quantitative estimate of drug-likeness (QED) is 0.418. The highest BCUT2D eigenvalue weighted by Crippen LogP contribution is 2.06. The maximum Gasteiger partial charge on any atom is 0.407 e. The average molecular weight is 245 g/mol. The summed E-state index contributed by atoms with van der Waals surface area (Å²) in [6.07, 6.45) is -0.674. The van der Waals surface area contributed by atoms with Crippen LogP contribution in [0.4, 0.5) is 4.79 Å². The van der Waals surface area contributed by atoms with E-state index in [1.54, 1.807) is 20.8 Å². The number of carbonyl (C=O) groups excluding carboxylic acids is 3. The number of nitrogens with zero attached hydrogens (tertiary/aromatic N) is 1. The Bertz CT molecular complexity index is 309. The molecule has 98 valence electrons. The van der Waals surface area contributed by atoms with Crippen LogP contribution < -0.4 is 11.2 Å². The Kier molecular flexibility index (Phi) is 5.60. The zero-order chi connectivity index (χ0) is 13.6. The van der Waals surface area contributed by atoms with E-state index in [2.05, 4.69) is 5.32 Å². The van der Waals surface area contributed by atoms with Crippen LogP contribution in [0.25, 0.3) is 0 Å². The molecule has 3 amide bonds. The molecule has 0 unspecified atom stereocenters. The van der Waals surface area contributed by atoms with Crippen molar-refractivity contribution in [3.8, 4) is 0 Å². The molecule has 17 heavy (non-hydrogen) atoms. The Labute approximate surface area is 100 Å². The number of hydrogen-bond donors (Lipinski definition) is 2. The minimum atomic E-state index is -0.614. The molecule has 3 N–H and O–H groups in total. The first-order valence-electron chi connectivity index (χ1n) is 5.18. The van der Waals surface area contributed by atoms with Crippen molar-refractivity contribution in [2.75, 3.05) is 6.54 Å². The van der Waals surface area contributed by atoms with Gasteiger partial charge in [0.2, 0.25) is 11.8 Å². The third-order valence-corrected chi connectivity index (χ3v) is 1.62. The van der Waals surface area contributed by atoms with E-state index < -0.39 is 23.5 Å². The van der Waals surface area contributed by atoms with Crippen LogP contribution in [0.15, 0.2) is 0 Å². The third kappa shape index (κ3) is 7.29. The predicted octanol–water partition coefficient (Wildman–Crippen LogP) is 0.150. The van der Waals surface area contributed by atoms with E-state index in [0.717, 1.165) is 0 Å². The van der Waals surface area contributed by atoms with Crippen LogP contribution in [0, 0.1) is 0 Å². The lowest BCUT2D eigenvalue weighted by atomic mass is 10.2. The van der Waals surface area contributed by atoms with Crippen LogP contribution in [-0.4, -0.2) is 35.1 Å². The van der Waals surface area contributed by atoms with Gasteiger partial charge >= 0.3 is 6.09 Å². The summed E-state index contributed by atoms with van der Waals surface area (Å²) in [7, 11) is 0. The number of alkyl carbamates (subject to hydrolysis) is 1. The van der Waals surface area contributed by atoms with E-state index in [9.17, 15) is 14.4 Å². The van der Waals surface area contributed by atoms with Crippen molar-refractivity contribution < 1.29 is 19.1 Å². The molecular weight excluding hydrogens is 226 g/mol. The molecule has 0 radical (unpaired) electrons. The van der Waals surface area contributed by atoms with Gasteiger partial charge in [-0.05, 0) is 20.8 Å². The van der Waals surface area contributed by atoms with E-state index in [1.807, 2.05) is 0 Å². The predicted molar refractivity (Wildman–Crippen MR) is 60.6 cm³/mol. The summed E-state index contributed by atoms with van der Waals surface area (Å²) in [6, 6.07) is 0. The van der Waals surface area contributed by atoms with Crippen LogP contribution in [-0.2, 0) is 14.3 Å². The van der Waals surface area contributed by atoms with Crippen LogP contribution in [0.3, 0.4) is 0 Å². The van der Waals surface area contributed by atoms with Gasteiger partial charge in [0.1, 0.15) is 5.60 Å². The van der Waals surface area contributed by atoms with Gasteiger partial charge in [0.25, 0.3) is 0 Å². The Morgan fingerprint density at radius 3 is 2.24 bits per heavy atom. The average Bonchev–Trinajstić information content (AvgIpc) is 2.13. The monoisotopic (exact) mass is 245 g/mol. The van der Waals surface area contributed by atoms with Crippen LogP contribution >= 0.6 is 0 Å². The van der Waals surface area contributed by atoms with Crippen molar-refractivity contribution in [2.45, 2.75) is 39.7 Å². The molecule has 0 saturated carbocycles. The molecule has 0 rings (SSSR count). The molecule has 0 fully saturated rings. The van der Waals surface area contributed by atoms with Gasteiger partial charge in [-0.1, -0.05) is 0 Å². The first-order chi connectivity index (χ1) is 7.63. The summed E-state index contributed by atoms with van der Waals surface area (Å²) in [4.78, 5) is 33.2. The van der Waals surface area contributed by atoms with Gasteiger partial charge in [-0.15, -0.1) is 0 Å². The number of hydrogen-bond acceptors (Lipinski definition) is 5. The van der Waals surface area contributed by atoms with Gasteiger partial charge in [-0.3, -0.25) is 9.59 Å². The third-order valence-electron chi connectivity index (χ3n) is 1.62. The van der Waals surface area contributed by atoms with E-state index in [0.29, 0.717) is 5.01 Å². The molecule has 0 aliphatic heterocycles. The minimum Gasteiger partial charge on any atom is -0.444 e. The number of nitrogens with one attached hydrogen (secondary N) is 1. The fraction of sp³-hybridized carbons (Fsp3) is 0.700. The fourth-order valence-corrected chi connectivity index (χ4v) is 0.882. The summed E-state index contributed by atoms with van der Waals surface area (Å²) in [6.45, 7) is 6.44. The lowest BCUT2D eigenvalue weighted by Crippen LogP contribution is -2.43. The zero-order valence-electron chi connectivity index (χ0n) is 10.6. The highest BCUT2D eigenvalue weighted by molar-refractivity contribution is 5.93. The van der Waals surface area contributed by atoms with E-state index in [-0.39, 0.29) is 13.0 Å². The van der Waals surface area contributed by atoms with Crippen LogP contribution in [0.2, 0.25) is 0 Å². The highest BCUT2D eigenvalue weighted by atomic mass is 16.6. The lowest BCUT2D eigenvalue weighted by Gasteiger charge is -2.19. The van der Waals surface area contributed by atoms with Gasteiger partial charge < -0.3 is 10.1 Å². The molecule has 0 aromatic heterocycles. The molecule has 0 spiro atoms. The van der Waals surface area contributed by atoms with E-state index in [4.69, 9.17) is 10.6 Å². The van der Waals surface area contributed by atoms with Crippen LogP contribution in [0.1, 0.15) is 34.1 Å². The SMILES string of the molecule is CC(=O)N(N)C(=O)CCNC(=O)OC(C)(C)C. The van der Waals surface area contributed by atoms with Gasteiger partial charge in [-0.2, -0.15) is 0 Å². The molecule has 0 saturated heterocycles. The molecule has 0 atom stereocenters. The Morgan fingerprint density at radius 1 is 1.29 bits per heavy atom. The smallest absolute Gasteiger partial charge is 0.407 e. The van der Waals surface area contributed by atoms with E-state index in [1.165, 1.54) is 6.92 Å². The molecule has 0 aromatic rings. The Balaban J connectivity index is 3.89. The first kappa shape index (κ1) is 15.4. The normalized spacial score (nSPS) is 10.6. The maximum atomic E-state index is 11.2. The summed E-state index contributed by atoms with van der Waals surface area (Å²) in [5.41, 5.74) is -0.590. The van der Waals surface area contributed by atoms with Crippen molar-refractivity contribution in [1.82, 2.24) is 10.3 Å². The summed E-state index contributed by atoms with van der Waals surface area (Å²) in [5, 5.41) is 2.90. The second-order valence-electron chi connectivity index (χ2n) is 4.46. The van der Waals surface area contributed by atoms with Crippen molar-refractivity contribution in [3.05, 3.63) is 0 Å². The number of rotatable bonds is 3. The summed E-state index contributed by atoms with van der Waals surface area (Å²) >= 11 is 0. The Hall–Kier alpha value is -1.63. The summed E-state index contributed by atoms with van der Waals surface area (Å²) in [5.74, 6) is 4.06. The lowest BCUT2D eigenvalue weighted by molar-refractivity contribution is -0.143. The van der Waals surface area contributed by atoms with Crippen molar-refractivity contribution in [1.29, 1.82) is 0 Å². The number of imide groups is 1. The fourth-order valence-electron chi connectivity index (χ4n) is 0.882. The number of hydrazine groups is 1. The largest absolute Gasteiger partial charge is 0.444 e. The number of ether oxygens (including phenoxy) is 1. The Morgan fingerprint density at radius 2 is 1.82 bits per heavy atom. The van der Waals surface area contributed by atoms with Crippen molar-refractivity contribution in [3.63, 3.8) is 0 Å². The van der Waals surface area contributed by atoms with Crippen molar-refractivity contribution >= 4 is 17.9 Å². The number of nitrogens with two attached hydrogens (primary N) is 1. The molecule has 7 nitrogen and oxygen atoms in total. The van der Waals surface area contributed by atoms with Crippen LogP contribution in [0.5, 0.6) is 0 Å². The first-order valence-corrected chi connectivity index (χ1v) is 5.18. The van der Waals surface area contributed by atoms with Crippen molar-refractivity contribution in [2.24, 2.45) is 5.84 Å². The second-order valence-corrected chi connectivity index (χ2v) is 4.46. The highest BCUT2D eigenvalue weighted by Gasteiger charge is 2.17. The van der Waals surface area contributed by atoms with Gasteiger partial charge in [-0.25, -0.2) is 15.6 Å². The molecule has 0 aliphatic rings. The number of carbonyl (C=O) groups is 3. The minimum absolute atomic E-state index is 0.0602. The number of amides is 3. The molecule has 0 aliphatic carbocycles. The van der Waals surface area contributed by atoms with Gasteiger partial charge in [0.15, 0.2) is 0 Å². The standard InChI is InChI=1S/C10H19N3O4/c1-7(14)13(11)8(15)5-6-12-9(16)17-10(2,3)4/h5-6,11H2,1-4H3,(H,12,16). The van der Waals surface area contributed by atoms with Gasteiger partial charge in [0.05, 0.1) is 0 Å². The molecule has 7 heteroatoms. The maximum absolute atomic E-state index is 11.2. The zero-order valence-corrected chi connectivity index (χ0v) is 10.6. The molecular formula is C10H19N3O4. The summed E-state index contributed by atoms with van der Waals surface area (Å²) < 4.78 is 4.95. The van der Waals surface area contributed by atoms with Gasteiger partial charge in [0, 0.05) is 19.9 Å². The second kappa shape index (κ2) is 6.19. The van der Waals surface area contributed by atoms with E-state index >= 15 is 0 Å². The topological polar surface area (TPSA) is 102 Å². The molecule has 0 heterocycles. The molecule has 0 bridgehead atoms.